The Kier molecular flexibility index (Phi) is 14.2. The van der Waals surface area contributed by atoms with Crippen molar-refractivity contribution in [3.63, 3.8) is 0 Å². The maximum Gasteiger partial charge on any atom is 0.0451 e. The first-order valence-corrected chi connectivity index (χ1v) is 14.1. The topological polar surface area (TPSA) is 0 Å². The molecule has 2 heteroatoms. The third kappa shape index (κ3) is 8.55. The van der Waals surface area contributed by atoms with Crippen LogP contribution in [0.4, 0.5) is 0 Å². The SMILES string of the molecule is Cl.PCCCCCCCCCCCCCC(c1ccccc1)(c1ccccc1)c1ccccc1. The molecule has 1 atom stereocenters. The minimum absolute atomic E-state index is 0. The highest BCUT2D eigenvalue weighted by atomic mass is 35.5. The highest BCUT2D eigenvalue weighted by Gasteiger charge is 2.35. The second kappa shape index (κ2) is 16.9. The molecule has 34 heavy (non-hydrogen) atoms. The molecule has 0 spiro atoms. The van der Waals surface area contributed by atoms with E-state index in [0.717, 1.165) is 6.42 Å². The van der Waals surface area contributed by atoms with Gasteiger partial charge in [0, 0.05) is 5.41 Å². The van der Waals surface area contributed by atoms with Crippen molar-refractivity contribution in [3.05, 3.63) is 108 Å². The minimum Gasteiger partial charge on any atom is -0.147 e. The average Bonchev–Trinajstić information content (AvgIpc) is 2.89. The van der Waals surface area contributed by atoms with E-state index >= 15 is 0 Å². The largest absolute Gasteiger partial charge is 0.147 e. The van der Waals surface area contributed by atoms with E-state index in [1.807, 2.05) is 0 Å². The number of hydrogen-bond donors (Lipinski definition) is 0. The summed E-state index contributed by atoms with van der Waals surface area (Å²) in [7, 11) is 2.84. The van der Waals surface area contributed by atoms with Gasteiger partial charge in [-0.3, -0.25) is 0 Å². The molecule has 3 aromatic carbocycles. The summed E-state index contributed by atoms with van der Waals surface area (Å²) in [6, 6.07) is 33.5. The molecule has 184 valence electrons. The van der Waals surface area contributed by atoms with Crippen molar-refractivity contribution < 1.29 is 0 Å². The highest BCUT2D eigenvalue weighted by molar-refractivity contribution is 7.16. The predicted octanol–water partition coefficient (Wildman–Crippen LogP) is 10.00. The molecule has 0 aromatic heterocycles. The Balaban J connectivity index is 0.00000408. The van der Waals surface area contributed by atoms with Crippen LogP contribution in [-0.2, 0) is 5.41 Å². The van der Waals surface area contributed by atoms with Crippen molar-refractivity contribution in [2.24, 2.45) is 0 Å². The van der Waals surface area contributed by atoms with E-state index in [0.29, 0.717) is 0 Å². The zero-order chi connectivity index (χ0) is 23.0. The number of unbranched alkanes of at least 4 members (excludes halogenated alkanes) is 10. The van der Waals surface area contributed by atoms with Gasteiger partial charge in [0.25, 0.3) is 0 Å². The maximum atomic E-state index is 2.84. The monoisotopic (exact) mass is 494 g/mol. The van der Waals surface area contributed by atoms with Crippen molar-refractivity contribution >= 4 is 21.6 Å². The zero-order valence-electron chi connectivity index (χ0n) is 20.8. The zero-order valence-corrected chi connectivity index (χ0v) is 22.8. The van der Waals surface area contributed by atoms with Crippen LogP contribution < -0.4 is 0 Å². The van der Waals surface area contributed by atoms with Crippen molar-refractivity contribution in [2.75, 3.05) is 6.16 Å². The summed E-state index contributed by atoms with van der Waals surface area (Å²) in [5.41, 5.74) is 4.14. The van der Waals surface area contributed by atoms with Gasteiger partial charge in [-0.1, -0.05) is 155 Å². The lowest BCUT2D eigenvalue weighted by Crippen LogP contribution is -2.29. The van der Waals surface area contributed by atoms with Crippen LogP contribution in [0.2, 0.25) is 0 Å². The van der Waals surface area contributed by atoms with Gasteiger partial charge in [0.1, 0.15) is 0 Å². The third-order valence-corrected chi connectivity index (χ3v) is 7.46. The summed E-state index contributed by atoms with van der Waals surface area (Å²) in [5, 5.41) is 0. The Hall–Kier alpha value is -1.62. The van der Waals surface area contributed by atoms with Gasteiger partial charge < -0.3 is 0 Å². The van der Waals surface area contributed by atoms with E-state index in [9.17, 15) is 0 Å². The van der Waals surface area contributed by atoms with Crippen LogP contribution in [0, 0.1) is 0 Å². The normalized spacial score (nSPS) is 11.2. The molecule has 0 fully saturated rings. The van der Waals surface area contributed by atoms with E-state index in [4.69, 9.17) is 0 Å². The second-order valence-electron chi connectivity index (χ2n) is 9.43. The van der Waals surface area contributed by atoms with Crippen molar-refractivity contribution in [1.29, 1.82) is 0 Å². The number of rotatable bonds is 16. The Labute approximate surface area is 217 Å². The van der Waals surface area contributed by atoms with E-state index < -0.39 is 0 Å². The molecule has 0 heterocycles. The van der Waals surface area contributed by atoms with Crippen molar-refractivity contribution in [1.82, 2.24) is 0 Å². The first kappa shape index (κ1) is 28.6. The summed E-state index contributed by atoms with van der Waals surface area (Å²) >= 11 is 0. The van der Waals surface area contributed by atoms with Crippen LogP contribution in [0.25, 0.3) is 0 Å². The Morgan fingerprint density at radius 3 is 1.03 bits per heavy atom. The van der Waals surface area contributed by atoms with E-state index in [-0.39, 0.29) is 17.8 Å². The molecule has 0 saturated heterocycles. The summed E-state index contributed by atoms with van der Waals surface area (Å²) in [6.07, 6.45) is 17.6. The first-order chi connectivity index (χ1) is 16.4. The number of halogens is 1. The molecule has 3 aromatic rings. The van der Waals surface area contributed by atoms with Crippen LogP contribution >= 0.6 is 21.6 Å². The van der Waals surface area contributed by atoms with E-state index in [2.05, 4.69) is 100 Å². The van der Waals surface area contributed by atoms with E-state index in [1.54, 1.807) is 0 Å². The molecule has 1 unspecified atom stereocenters. The van der Waals surface area contributed by atoms with E-state index in [1.165, 1.54) is 93.5 Å². The lowest BCUT2D eigenvalue weighted by atomic mass is 9.66. The number of hydrogen-bond acceptors (Lipinski definition) is 0. The van der Waals surface area contributed by atoms with Crippen LogP contribution in [0.15, 0.2) is 91.0 Å². The van der Waals surface area contributed by atoms with Gasteiger partial charge in [-0.25, -0.2) is 0 Å². The quantitative estimate of drug-likeness (QED) is 0.105. The Bertz CT molecular complexity index is 767. The fraction of sp³-hybridized carbons (Fsp3) is 0.438. The molecular formula is C32H44ClP. The van der Waals surface area contributed by atoms with Crippen LogP contribution in [0.5, 0.6) is 0 Å². The predicted molar refractivity (Wildman–Crippen MR) is 156 cm³/mol. The van der Waals surface area contributed by atoms with Crippen LogP contribution in [-0.4, -0.2) is 6.16 Å². The van der Waals surface area contributed by atoms with Gasteiger partial charge in [0.05, 0.1) is 0 Å². The molecule has 0 aliphatic heterocycles. The van der Waals surface area contributed by atoms with Gasteiger partial charge >= 0.3 is 0 Å². The molecule has 0 saturated carbocycles. The molecule has 0 bridgehead atoms. The maximum absolute atomic E-state index is 2.84. The molecule has 0 amide bonds. The Morgan fingerprint density at radius 1 is 0.412 bits per heavy atom. The molecule has 3 rings (SSSR count). The molecule has 0 radical (unpaired) electrons. The second-order valence-corrected chi connectivity index (χ2v) is 10.0. The molecule has 0 aliphatic carbocycles. The smallest absolute Gasteiger partial charge is 0.0451 e. The van der Waals surface area contributed by atoms with Gasteiger partial charge in [0.15, 0.2) is 0 Å². The van der Waals surface area contributed by atoms with Crippen molar-refractivity contribution in [3.8, 4) is 0 Å². The van der Waals surface area contributed by atoms with Gasteiger partial charge in [0.2, 0.25) is 0 Å². The third-order valence-electron chi connectivity index (χ3n) is 7.06. The summed E-state index contributed by atoms with van der Waals surface area (Å²) in [6.45, 7) is 0. The Morgan fingerprint density at radius 2 is 0.706 bits per heavy atom. The summed E-state index contributed by atoms with van der Waals surface area (Å²) < 4.78 is 0. The van der Waals surface area contributed by atoms with Gasteiger partial charge in [-0.2, -0.15) is 0 Å². The lowest BCUT2D eigenvalue weighted by Gasteiger charge is -2.36. The van der Waals surface area contributed by atoms with Gasteiger partial charge in [-0.15, -0.1) is 21.6 Å². The molecule has 0 nitrogen and oxygen atoms in total. The standard InChI is InChI=1S/C32H43P.ClH/c33-28-20-9-7-5-3-1-2-4-6-8-19-27-32(29-21-13-10-14-22-29,30-23-15-11-16-24-30)31-25-17-12-18-26-31;/h10-18,21-26H,1-9,19-20,27-28,33H2;1H. The fourth-order valence-electron chi connectivity index (χ4n) is 5.23. The number of benzene rings is 3. The lowest BCUT2D eigenvalue weighted by molar-refractivity contribution is 0.492. The minimum atomic E-state index is -0.0826. The van der Waals surface area contributed by atoms with Crippen LogP contribution in [0.1, 0.15) is 93.7 Å². The summed E-state index contributed by atoms with van der Waals surface area (Å²) in [4.78, 5) is 0. The fourth-order valence-corrected chi connectivity index (χ4v) is 5.52. The molecule has 0 N–H and O–H groups in total. The summed E-state index contributed by atoms with van der Waals surface area (Å²) in [5.74, 6) is 0. The molecule has 0 aliphatic rings. The van der Waals surface area contributed by atoms with Crippen molar-refractivity contribution in [2.45, 2.75) is 82.5 Å². The van der Waals surface area contributed by atoms with Gasteiger partial charge in [-0.05, 0) is 35.7 Å². The van der Waals surface area contributed by atoms with Crippen LogP contribution in [0.3, 0.4) is 0 Å². The highest BCUT2D eigenvalue weighted by Crippen LogP contribution is 2.43. The first-order valence-electron chi connectivity index (χ1n) is 13.2. The molecular weight excluding hydrogens is 451 g/mol. The average molecular weight is 495 g/mol.